The van der Waals surface area contributed by atoms with Crippen molar-refractivity contribution in [2.75, 3.05) is 40.9 Å². The Morgan fingerprint density at radius 1 is 0.839 bits per heavy atom. The molecule has 0 aromatic rings. The smallest absolute Gasteiger partial charge is 0.268 e. The second-order valence-corrected chi connectivity index (χ2v) is 18.1. The van der Waals surface area contributed by atoms with Crippen molar-refractivity contribution in [1.29, 1.82) is 0 Å². The summed E-state index contributed by atoms with van der Waals surface area (Å²) in [5, 5.41) is 24.0. The van der Waals surface area contributed by atoms with Crippen LogP contribution in [-0.2, 0) is 23.2 Å². The number of hydrogen-bond donors (Lipinski definition) is 3. The van der Waals surface area contributed by atoms with Gasteiger partial charge in [-0.05, 0) is 50.5 Å². The van der Waals surface area contributed by atoms with Crippen LogP contribution in [-0.4, -0.2) is 85.5 Å². The van der Waals surface area contributed by atoms with Gasteiger partial charge in [0.1, 0.15) is 13.2 Å². The van der Waals surface area contributed by atoms with E-state index < -0.39 is 32.7 Å². The third kappa shape index (κ3) is 28.5. The topological polar surface area (TPSA) is 145 Å². The third-order valence-electron chi connectivity index (χ3n) is 10.3. The highest BCUT2D eigenvalue weighted by atomic mass is 31.2. The average molecular weight is 809 g/mol. The van der Waals surface area contributed by atoms with Gasteiger partial charge in [-0.25, -0.2) is 0 Å². The van der Waals surface area contributed by atoms with Crippen LogP contribution in [0.15, 0.2) is 48.6 Å². The Morgan fingerprint density at radius 3 is 2.05 bits per heavy atom. The van der Waals surface area contributed by atoms with E-state index in [1.54, 1.807) is 18.2 Å². The third-order valence-corrected chi connectivity index (χ3v) is 11.2. The van der Waals surface area contributed by atoms with Gasteiger partial charge in [-0.1, -0.05) is 153 Å². The summed E-state index contributed by atoms with van der Waals surface area (Å²) < 4.78 is 23.2. The van der Waals surface area contributed by atoms with Gasteiger partial charge >= 0.3 is 0 Å². The molecule has 324 valence electrons. The number of aliphatic hydroxyl groups excluding tert-OH is 2. The van der Waals surface area contributed by atoms with E-state index >= 15 is 0 Å². The number of rotatable bonds is 36. The predicted molar refractivity (Wildman–Crippen MR) is 228 cm³/mol. The lowest BCUT2D eigenvalue weighted by Gasteiger charge is -2.29. The molecule has 1 rings (SSSR count). The Morgan fingerprint density at radius 2 is 1.43 bits per heavy atom. The van der Waals surface area contributed by atoms with Crippen molar-refractivity contribution in [2.24, 2.45) is 11.8 Å². The Hall–Kier alpha value is -1.91. The minimum absolute atomic E-state index is 0.0366. The molecule has 0 aliphatic heterocycles. The molecule has 1 aliphatic rings. The number of ketones is 1. The number of phosphoric ester groups is 1. The Balaban J connectivity index is 2.54. The number of carbonyl (C=O) groups is 2. The molecule has 0 aromatic heterocycles. The zero-order valence-corrected chi connectivity index (χ0v) is 36.8. The maximum atomic E-state index is 12.9. The van der Waals surface area contributed by atoms with Crippen LogP contribution in [0.3, 0.4) is 0 Å². The molecule has 56 heavy (non-hydrogen) atoms. The summed E-state index contributed by atoms with van der Waals surface area (Å²) in [6, 6.07) is -0.966. The fraction of sp³-hybridized carbons (Fsp3) is 0.778. The summed E-state index contributed by atoms with van der Waals surface area (Å²) in [6.07, 6.45) is 36.3. The molecule has 3 N–H and O–H groups in total. The number of quaternary nitrogens is 1. The summed E-state index contributed by atoms with van der Waals surface area (Å²) >= 11 is 0. The van der Waals surface area contributed by atoms with Crippen molar-refractivity contribution < 1.29 is 42.8 Å². The van der Waals surface area contributed by atoms with Gasteiger partial charge in [0.05, 0.1) is 46.0 Å². The molecule has 0 saturated carbocycles. The standard InChI is InChI=1S/C45H81N2O8P/c1-6-8-10-11-12-13-14-15-16-17-18-19-20-21-26-30-44(50)42(38-55-56(52,53)54-37-36-47(3,4)5)46-45(51)31-27-23-22-25-28-39-32-35-43(49)41(39)34-33-40(48)29-24-9-7-2/h22,25-26,30,32-35,39-42,44,48,50H,6-21,23-24,27-29,31,36-38H2,1-5H3,(H-,46,51,52,53)/b25-22-,30-26+,34-33+/t39-,40-,41+,42-,44+/m0/s1. The molecule has 1 aliphatic carbocycles. The van der Waals surface area contributed by atoms with Gasteiger partial charge in [0, 0.05) is 12.3 Å². The van der Waals surface area contributed by atoms with Gasteiger partial charge in [-0.2, -0.15) is 0 Å². The van der Waals surface area contributed by atoms with Gasteiger partial charge in [0.25, 0.3) is 7.82 Å². The van der Waals surface area contributed by atoms with Crippen LogP contribution in [0, 0.1) is 11.8 Å². The molecule has 0 fully saturated rings. The van der Waals surface area contributed by atoms with E-state index in [2.05, 4.69) is 19.2 Å². The highest BCUT2D eigenvalue weighted by molar-refractivity contribution is 7.45. The number of unbranched alkanes of at least 4 members (excludes halogenated alkanes) is 16. The first-order valence-electron chi connectivity index (χ1n) is 22.1. The van der Waals surface area contributed by atoms with E-state index in [0.717, 1.165) is 38.5 Å². The van der Waals surface area contributed by atoms with Crippen LogP contribution in [0.5, 0.6) is 0 Å². The normalized spacial score (nSPS) is 19.0. The maximum Gasteiger partial charge on any atom is 0.268 e. The SMILES string of the molecule is CCCCCCCCCCCCCCC/C=C/[C@@H](O)[C@H](COP(=O)([O-])OCC[N+](C)(C)C)NC(=O)CCC/C=C\C[C@H]1C=CC(=O)[C@@H]1/C=C/[C@@H](O)CCCCC. The number of allylic oxidation sites excluding steroid dienone is 6. The lowest BCUT2D eigenvalue weighted by atomic mass is 9.90. The molecule has 0 aromatic carbocycles. The summed E-state index contributed by atoms with van der Waals surface area (Å²) in [6.45, 7) is 4.36. The second-order valence-electron chi connectivity index (χ2n) is 16.7. The number of hydrogen-bond acceptors (Lipinski definition) is 8. The van der Waals surface area contributed by atoms with Gasteiger partial charge in [-0.3, -0.25) is 14.2 Å². The fourth-order valence-electron chi connectivity index (χ4n) is 6.61. The highest BCUT2D eigenvalue weighted by Crippen LogP contribution is 2.38. The number of nitrogens with zero attached hydrogens (tertiary/aromatic N) is 1. The molecule has 10 nitrogen and oxygen atoms in total. The van der Waals surface area contributed by atoms with Crippen LogP contribution in [0.2, 0.25) is 0 Å². The molecular weight excluding hydrogens is 727 g/mol. The first-order chi connectivity index (χ1) is 26.8. The molecule has 1 amide bonds. The molecule has 6 atom stereocenters. The zero-order valence-electron chi connectivity index (χ0n) is 35.9. The van der Waals surface area contributed by atoms with Gasteiger partial charge in [-0.15, -0.1) is 0 Å². The van der Waals surface area contributed by atoms with Crippen LogP contribution in [0.4, 0.5) is 0 Å². The predicted octanol–water partition coefficient (Wildman–Crippen LogP) is 9.06. The van der Waals surface area contributed by atoms with Crippen molar-refractivity contribution >= 4 is 19.5 Å². The second kappa shape index (κ2) is 32.0. The molecular formula is C45H81N2O8P. The van der Waals surface area contributed by atoms with Crippen molar-refractivity contribution in [2.45, 2.75) is 173 Å². The molecule has 0 radical (unpaired) electrons. The monoisotopic (exact) mass is 809 g/mol. The van der Waals surface area contributed by atoms with Crippen LogP contribution >= 0.6 is 7.82 Å². The number of carbonyl (C=O) groups excluding carboxylic acids is 2. The largest absolute Gasteiger partial charge is 0.756 e. The summed E-state index contributed by atoms with van der Waals surface area (Å²) in [7, 11) is 1.13. The molecule has 1 unspecified atom stereocenters. The zero-order chi connectivity index (χ0) is 41.5. The van der Waals surface area contributed by atoms with Crippen LogP contribution in [0.25, 0.3) is 0 Å². The van der Waals surface area contributed by atoms with Crippen LogP contribution in [0.1, 0.15) is 155 Å². The first kappa shape index (κ1) is 52.1. The number of nitrogens with one attached hydrogen (secondary N) is 1. The molecule has 0 bridgehead atoms. The number of likely N-dealkylation sites (N-methyl/N-ethyl adjacent to an activating group) is 1. The molecule has 0 heterocycles. The summed E-state index contributed by atoms with van der Waals surface area (Å²) in [4.78, 5) is 37.8. The van der Waals surface area contributed by atoms with E-state index in [1.165, 1.54) is 70.6 Å². The first-order valence-corrected chi connectivity index (χ1v) is 23.5. The lowest BCUT2D eigenvalue weighted by molar-refractivity contribution is -0.870. The van der Waals surface area contributed by atoms with Crippen molar-refractivity contribution in [3.8, 4) is 0 Å². The van der Waals surface area contributed by atoms with Gasteiger partial charge in [0.2, 0.25) is 5.91 Å². The van der Waals surface area contributed by atoms with E-state index in [4.69, 9.17) is 9.05 Å². The maximum absolute atomic E-state index is 12.9. The van der Waals surface area contributed by atoms with Crippen molar-refractivity contribution in [3.05, 3.63) is 48.6 Å². The Kier molecular flexibility index (Phi) is 29.8. The Labute approximate surface area is 341 Å². The molecule has 11 heteroatoms. The molecule has 0 spiro atoms. The van der Waals surface area contributed by atoms with Gasteiger partial charge < -0.3 is 34.0 Å². The van der Waals surface area contributed by atoms with Gasteiger partial charge in [0.15, 0.2) is 5.78 Å². The summed E-state index contributed by atoms with van der Waals surface area (Å²) in [5.41, 5.74) is 0. The van der Waals surface area contributed by atoms with E-state index in [0.29, 0.717) is 36.7 Å². The molecule has 0 saturated heterocycles. The quantitative estimate of drug-likeness (QED) is 0.0246. The van der Waals surface area contributed by atoms with E-state index in [9.17, 15) is 29.3 Å². The Bertz CT molecular complexity index is 1200. The lowest BCUT2D eigenvalue weighted by Crippen LogP contribution is -2.45. The highest BCUT2D eigenvalue weighted by Gasteiger charge is 2.27. The minimum Gasteiger partial charge on any atom is -0.756 e. The fourth-order valence-corrected chi connectivity index (χ4v) is 7.33. The number of aliphatic hydroxyl groups is 2. The summed E-state index contributed by atoms with van der Waals surface area (Å²) in [5.74, 6) is -0.492. The van der Waals surface area contributed by atoms with E-state index in [1.807, 2.05) is 51.5 Å². The number of amides is 1. The van der Waals surface area contributed by atoms with Crippen molar-refractivity contribution in [1.82, 2.24) is 5.32 Å². The number of phosphoric acid groups is 1. The average Bonchev–Trinajstić information content (AvgIpc) is 3.49. The van der Waals surface area contributed by atoms with Crippen LogP contribution < -0.4 is 10.2 Å². The minimum atomic E-state index is -4.64. The van der Waals surface area contributed by atoms with Crippen molar-refractivity contribution in [3.63, 3.8) is 0 Å². The van der Waals surface area contributed by atoms with E-state index in [-0.39, 0.29) is 36.6 Å².